The third kappa shape index (κ3) is 3.15. The van der Waals surface area contributed by atoms with Gasteiger partial charge in [0, 0.05) is 28.6 Å². The number of anilines is 1. The highest BCUT2D eigenvalue weighted by Crippen LogP contribution is 2.39. The van der Waals surface area contributed by atoms with E-state index < -0.39 is 0 Å². The van der Waals surface area contributed by atoms with Gasteiger partial charge in [-0.2, -0.15) is 0 Å². The minimum atomic E-state index is -0.252. The molecule has 1 aromatic carbocycles. The van der Waals surface area contributed by atoms with E-state index in [9.17, 15) is 9.59 Å². The van der Waals surface area contributed by atoms with Crippen molar-refractivity contribution in [3.8, 4) is 0 Å². The lowest BCUT2D eigenvalue weighted by Crippen LogP contribution is -2.41. The second-order valence-corrected chi connectivity index (χ2v) is 7.10. The number of carbonyl (C=O) groups is 2. The molecule has 0 bridgehead atoms. The maximum Gasteiger partial charge on any atom is 0.262 e. The van der Waals surface area contributed by atoms with Gasteiger partial charge in [-0.3, -0.25) is 9.59 Å². The first-order valence-corrected chi connectivity index (χ1v) is 8.55. The number of carbonyl (C=O) groups excluding carboxylic acids is 2. The van der Waals surface area contributed by atoms with E-state index >= 15 is 0 Å². The molecule has 0 aliphatic carbocycles. The van der Waals surface area contributed by atoms with Gasteiger partial charge < -0.3 is 10.2 Å². The Balaban J connectivity index is 1.81. The van der Waals surface area contributed by atoms with E-state index in [1.54, 1.807) is 12.1 Å². The molecule has 0 spiro atoms. The van der Waals surface area contributed by atoms with Crippen molar-refractivity contribution in [1.82, 2.24) is 4.90 Å². The van der Waals surface area contributed by atoms with Gasteiger partial charge in [-0.05, 0) is 44.4 Å². The molecule has 1 saturated heterocycles. The highest BCUT2D eigenvalue weighted by Gasteiger charge is 2.26. The minimum absolute atomic E-state index is 0.0812. The summed E-state index contributed by atoms with van der Waals surface area (Å²) in [4.78, 5) is 27.8. The summed E-state index contributed by atoms with van der Waals surface area (Å²) in [5.41, 5.74) is 0.693. The van der Waals surface area contributed by atoms with Crippen molar-refractivity contribution in [3.05, 3.63) is 34.2 Å². The maximum atomic E-state index is 12.4. The summed E-state index contributed by atoms with van der Waals surface area (Å²) in [6.45, 7) is 2.82. The number of amides is 2. The fourth-order valence-electron chi connectivity index (χ4n) is 2.75. The summed E-state index contributed by atoms with van der Waals surface area (Å²) in [6.07, 6.45) is 4.67. The lowest BCUT2D eigenvalue weighted by atomic mass is 10.0. The van der Waals surface area contributed by atoms with Crippen LogP contribution in [-0.2, 0) is 9.59 Å². The lowest BCUT2D eigenvalue weighted by Gasteiger charge is -2.32. The standard InChI is InChI=1S/C16H17ClN2O2S/c1-10-4-2-3-7-19(10)15(20)9-14-16(21)18-12-8-11(17)5-6-13(12)22-14/h5-6,8-10H,2-4,7H2,1H3,(H,18,21)/b14-9+/t10-/m0/s1. The number of hydrogen-bond acceptors (Lipinski definition) is 3. The molecule has 2 amide bonds. The first kappa shape index (κ1) is 15.4. The molecule has 4 nitrogen and oxygen atoms in total. The minimum Gasteiger partial charge on any atom is -0.336 e. The summed E-state index contributed by atoms with van der Waals surface area (Å²) in [5.74, 6) is -0.333. The molecule has 2 aliphatic rings. The fraction of sp³-hybridized carbons (Fsp3) is 0.375. The smallest absolute Gasteiger partial charge is 0.262 e. The summed E-state index contributed by atoms with van der Waals surface area (Å²) >= 11 is 7.24. The van der Waals surface area contributed by atoms with Crippen LogP contribution >= 0.6 is 23.4 Å². The Morgan fingerprint density at radius 1 is 1.45 bits per heavy atom. The number of piperidine rings is 1. The molecule has 2 aliphatic heterocycles. The SMILES string of the molecule is C[C@H]1CCCCN1C(=O)/C=C1/Sc2ccc(Cl)cc2NC1=O. The first-order chi connectivity index (χ1) is 10.5. The van der Waals surface area contributed by atoms with E-state index in [2.05, 4.69) is 12.2 Å². The van der Waals surface area contributed by atoms with Crippen molar-refractivity contribution in [1.29, 1.82) is 0 Å². The van der Waals surface area contributed by atoms with Gasteiger partial charge >= 0.3 is 0 Å². The summed E-state index contributed by atoms with van der Waals surface area (Å²) in [6, 6.07) is 5.58. The van der Waals surface area contributed by atoms with E-state index in [1.165, 1.54) is 17.8 Å². The van der Waals surface area contributed by atoms with Crippen LogP contribution in [-0.4, -0.2) is 29.3 Å². The number of rotatable bonds is 1. The summed E-state index contributed by atoms with van der Waals surface area (Å²) in [7, 11) is 0. The average molecular weight is 337 g/mol. The third-order valence-corrected chi connectivity index (χ3v) is 5.31. The Morgan fingerprint density at radius 2 is 2.27 bits per heavy atom. The second-order valence-electron chi connectivity index (χ2n) is 5.58. The Morgan fingerprint density at radius 3 is 3.05 bits per heavy atom. The molecular weight excluding hydrogens is 320 g/mol. The molecule has 0 unspecified atom stereocenters. The van der Waals surface area contributed by atoms with Crippen molar-refractivity contribution < 1.29 is 9.59 Å². The first-order valence-electron chi connectivity index (χ1n) is 7.35. The molecular formula is C16H17ClN2O2S. The number of benzene rings is 1. The van der Waals surface area contributed by atoms with Gasteiger partial charge in [0.1, 0.15) is 0 Å². The molecule has 3 rings (SSSR count). The van der Waals surface area contributed by atoms with Crippen LogP contribution in [0, 0.1) is 0 Å². The van der Waals surface area contributed by atoms with Crippen LogP contribution in [0.5, 0.6) is 0 Å². The summed E-state index contributed by atoms with van der Waals surface area (Å²) < 4.78 is 0. The van der Waals surface area contributed by atoms with Gasteiger partial charge in [-0.25, -0.2) is 0 Å². The van der Waals surface area contributed by atoms with Crippen molar-refractivity contribution in [2.75, 3.05) is 11.9 Å². The molecule has 1 aromatic rings. The van der Waals surface area contributed by atoms with Crippen LogP contribution in [0.25, 0.3) is 0 Å². The van der Waals surface area contributed by atoms with Crippen LogP contribution in [0.15, 0.2) is 34.1 Å². The fourth-order valence-corrected chi connectivity index (χ4v) is 3.82. The van der Waals surface area contributed by atoms with Gasteiger partial charge in [-0.1, -0.05) is 23.4 Å². The number of hydrogen-bond donors (Lipinski definition) is 1. The molecule has 1 fully saturated rings. The average Bonchev–Trinajstić information content (AvgIpc) is 2.48. The van der Waals surface area contributed by atoms with E-state index in [0.29, 0.717) is 15.6 Å². The van der Waals surface area contributed by atoms with Gasteiger partial charge in [0.05, 0.1) is 10.6 Å². The van der Waals surface area contributed by atoms with E-state index in [4.69, 9.17) is 11.6 Å². The Kier molecular flexibility index (Phi) is 4.45. The number of nitrogens with zero attached hydrogens (tertiary/aromatic N) is 1. The van der Waals surface area contributed by atoms with E-state index in [-0.39, 0.29) is 17.9 Å². The van der Waals surface area contributed by atoms with Crippen molar-refractivity contribution in [2.45, 2.75) is 37.1 Å². The quantitative estimate of drug-likeness (QED) is 0.796. The van der Waals surface area contributed by atoms with Crippen LogP contribution in [0.1, 0.15) is 26.2 Å². The predicted octanol–water partition coefficient (Wildman–Crippen LogP) is 3.67. The van der Waals surface area contributed by atoms with Crippen LogP contribution in [0.4, 0.5) is 5.69 Å². The number of nitrogens with one attached hydrogen (secondary N) is 1. The maximum absolute atomic E-state index is 12.4. The molecule has 116 valence electrons. The molecule has 6 heteroatoms. The molecule has 0 aromatic heterocycles. The van der Waals surface area contributed by atoms with Gasteiger partial charge in [0.2, 0.25) is 5.91 Å². The zero-order valence-corrected chi connectivity index (χ0v) is 13.8. The van der Waals surface area contributed by atoms with Crippen molar-refractivity contribution in [2.24, 2.45) is 0 Å². The highest BCUT2D eigenvalue weighted by atomic mass is 35.5. The summed E-state index contributed by atoms with van der Waals surface area (Å²) in [5, 5.41) is 3.36. The molecule has 1 N–H and O–H groups in total. The predicted molar refractivity (Wildman–Crippen MR) is 89.0 cm³/mol. The number of fused-ring (bicyclic) bond motifs is 1. The molecule has 2 heterocycles. The second kappa shape index (κ2) is 6.34. The molecule has 22 heavy (non-hydrogen) atoms. The van der Waals surface area contributed by atoms with Gasteiger partial charge in [-0.15, -0.1) is 0 Å². The molecule has 0 saturated carbocycles. The van der Waals surface area contributed by atoms with Crippen LogP contribution in [0.3, 0.4) is 0 Å². The zero-order valence-electron chi connectivity index (χ0n) is 12.3. The Bertz CT molecular complexity index is 660. The number of halogens is 1. The highest BCUT2D eigenvalue weighted by molar-refractivity contribution is 8.04. The van der Waals surface area contributed by atoms with Gasteiger partial charge in [0.15, 0.2) is 0 Å². The van der Waals surface area contributed by atoms with Crippen LogP contribution in [0.2, 0.25) is 5.02 Å². The Hall–Kier alpha value is -1.46. The third-order valence-electron chi connectivity index (χ3n) is 3.97. The van der Waals surface area contributed by atoms with E-state index in [1.807, 2.05) is 11.0 Å². The number of thioether (sulfide) groups is 1. The largest absolute Gasteiger partial charge is 0.336 e. The van der Waals surface area contributed by atoms with Gasteiger partial charge in [0.25, 0.3) is 5.91 Å². The number of likely N-dealkylation sites (tertiary alicyclic amines) is 1. The monoisotopic (exact) mass is 336 g/mol. The molecule has 1 atom stereocenters. The van der Waals surface area contributed by atoms with Crippen molar-refractivity contribution in [3.63, 3.8) is 0 Å². The molecule has 0 radical (unpaired) electrons. The zero-order chi connectivity index (χ0) is 15.7. The normalized spacial score (nSPS) is 23.2. The Labute approximate surface area is 138 Å². The van der Waals surface area contributed by atoms with Crippen LogP contribution < -0.4 is 5.32 Å². The lowest BCUT2D eigenvalue weighted by molar-refractivity contribution is -0.129. The van der Waals surface area contributed by atoms with Crippen molar-refractivity contribution >= 4 is 40.9 Å². The topological polar surface area (TPSA) is 49.4 Å². The van der Waals surface area contributed by atoms with E-state index in [0.717, 1.165) is 30.7 Å².